The number of nitrogens with zero attached hydrogens (tertiary/aromatic N) is 2. The lowest BCUT2D eigenvalue weighted by Gasteiger charge is -2.41. The Labute approximate surface area is 142 Å². The van der Waals surface area contributed by atoms with Gasteiger partial charge in [-0.3, -0.25) is 15.0 Å². The zero-order chi connectivity index (χ0) is 16.2. The fourth-order valence-corrected chi connectivity index (χ4v) is 4.23. The highest BCUT2D eigenvalue weighted by atomic mass is 35.5. The Bertz CT molecular complexity index is 537. The van der Waals surface area contributed by atoms with E-state index in [1.165, 1.54) is 32.1 Å². The minimum atomic E-state index is -0.373. The Morgan fingerprint density at radius 3 is 2.57 bits per heavy atom. The summed E-state index contributed by atoms with van der Waals surface area (Å²) in [5, 5.41) is 14.9. The van der Waals surface area contributed by atoms with Gasteiger partial charge in [-0.1, -0.05) is 36.9 Å². The van der Waals surface area contributed by atoms with E-state index >= 15 is 0 Å². The van der Waals surface area contributed by atoms with Crippen LogP contribution in [-0.4, -0.2) is 36.0 Å². The molecule has 23 heavy (non-hydrogen) atoms. The normalized spacial score (nSPS) is 22.0. The first-order valence-electron chi connectivity index (χ1n) is 8.55. The molecule has 2 fully saturated rings. The third kappa shape index (κ3) is 3.84. The van der Waals surface area contributed by atoms with Crippen molar-refractivity contribution in [2.24, 2.45) is 5.92 Å². The largest absolute Gasteiger partial charge is 0.314 e. The highest BCUT2D eigenvalue weighted by Crippen LogP contribution is 2.40. The van der Waals surface area contributed by atoms with Crippen molar-refractivity contribution in [3.8, 4) is 0 Å². The average molecular weight is 338 g/mol. The van der Waals surface area contributed by atoms with Crippen LogP contribution in [0.15, 0.2) is 18.2 Å². The quantitative estimate of drug-likeness (QED) is 0.671. The first kappa shape index (κ1) is 16.7. The van der Waals surface area contributed by atoms with Crippen molar-refractivity contribution >= 4 is 17.3 Å². The molecule has 1 aromatic carbocycles. The van der Waals surface area contributed by atoms with Crippen LogP contribution < -0.4 is 5.32 Å². The standard InChI is InChI=1S/C17H24ClN3O2/c18-15-7-6-14(12-16(15)21(22)23)17(13-4-2-1-3-5-13)20-10-8-19-9-11-20/h6-7,12-13,17,19H,1-5,8-11H2/t17-/m0/s1. The molecule has 3 rings (SSSR count). The van der Waals surface area contributed by atoms with Crippen molar-refractivity contribution in [3.05, 3.63) is 38.9 Å². The summed E-state index contributed by atoms with van der Waals surface area (Å²) in [4.78, 5) is 13.4. The average Bonchev–Trinajstić information content (AvgIpc) is 2.58. The molecule has 0 bridgehead atoms. The van der Waals surface area contributed by atoms with E-state index < -0.39 is 0 Å². The Hall–Kier alpha value is -1.17. The van der Waals surface area contributed by atoms with E-state index in [1.807, 2.05) is 6.07 Å². The maximum Gasteiger partial charge on any atom is 0.288 e. The minimum absolute atomic E-state index is 0.0279. The first-order valence-corrected chi connectivity index (χ1v) is 8.93. The summed E-state index contributed by atoms with van der Waals surface area (Å²) in [7, 11) is 0. The van der Waals surface area contributed by atoms with Gasteiger partial charge in [0.1, 0.15) is 5.02 Å². The summed E-state index contributed by atoms with van der Waals surface area (Å²) >= 11 is 6.00. The highest BCUT2D eigenvalue weighted by Gasteiger charge is 2.32. The van der Waals surface area contributed by atoms with Gasteiger partial charge in [0, 0.05) is 38.3 Å². The monoisotopic (exact) mass is 337 g/mol. The lowest BCUT2D eigenvalue weighted by atomic mass is 9.80. The molecular formula is C17H24ClN3O2. The van der Waals surface area contributed by atoms with Gasteiger partial charge in [-0.15, -0.1) is 0 Å². The van der Waals surface area contributed by atoms with Crippen LogP contribution in [0.25, 0.3) is 0 Å². The van der Waals surface area contributed by atoms with E-state index in [0.717, 1.165) is 31.7 Å². The van der Waals surface area contributed by atoms with E-state index in [4.69, 9.17) is 11.6 Å². The molecule has 1 atom stereocenters. The smallest absolute Gasteiger partial charge is 0.288 e. The van der Waals surface area contributed by atoms with E-state index in [2.05, 4.69) is 10.2 Å². The Morgan fingerprint density at radius 2 is 1.91 bits per heavy atom. The van der Waals surface area contributed by atoms with E-state index in [-0.39, 0.29) is 21.7 Å². The fraction of sp³-hybridized carbons (Fsp3) is 0.647. The van der Waals surface area contributed by atoms with Crippen LogP contribution in [0.2, 0.25) is 5.02 Å². The predicted octanol–water partition coefficient (Wildman–Crippen LogP) is 3.77. The maximum atomic E-state index is 11.2. The summed E-state index contributed by atoms with van der Waals surface area (Å²) in [5.74, 6) is 0.586. The van der Waals surface area contributed by atoms with Gasteiger partial charge in [-0.2, -0.15) is 0 Å². The van der Waals surface area contributed by atoms with Gasteiger partial charge < -0.3 is 5.32 Å². The van der Waals surface area contributed by atoms with Crippen LogP contribution in [0.4, 0.5) is 5.69 Å². The fourth-order valence-electron chi connectivity index (χ4n) is 4.04. The van der Waals surface area contributed by atoms with E-state index in [9.17, 15) is 10.1 Å². The van der Waals surface area contributed by atoms with Gasteiger partial charge in [0.2, 0.25) is 0 Å². The van der Waals surface area contributed by atoms with Gasteiger partial charge in [-0.25, -0.2) is 0 Å². The highest BCUT2D eigenvalue weighted by molar-refractivity contribution is 6.32. The molecule has 1 saturated heterocycles. The van der Waals surface area contributed by atoms with Gasteiger partial charge in [0.15, 0.2) is 0 Å². The van der Waals surface area contributed by atoms with Gasteiger partial charge in [0.25, 0.3) is 5.69 Å². The summed E-state index contributed by atoms with van der Waals surface area (Å²) in [6, 6.07) is 5.64. The molecule has 126 valence electrons. The van der Waals surface area contributed by atoms with Crippen LogP contribution in [-0.2, 0) is 0 Å². The topological polar surface area (TPSA) is 58.4 Å². The van der Waals surface area contributed by atoms with Gasteiger partial charge >= 0.3 is 0 Å². The molecular weight excluding hydrogens is 314 g/mol. The second-order valence-corrected chi connectivity index (χ2v) is 7.00. The lowest BCUT2D eigenvalue weighted by Crippen LogP contribution is -2.47. The number of benzene rings is 1. The number of hydrogen-bond donors (Lipinski definition) is 1. The zero-order valence-electron chi connectivity index (χ0n) is 13.3. The number of nitro groups is 1. The molecule has 0 radical (unpaired) electrons. The summed E-state index contributed by atoms with van der Waals surface area (Å²) in [5.41, 5.74) is 1.08. The molecule has 5 nitrogen and oxygen atoms in total. The molecule has 1 N–H and O–H groups in total. The van der Waals surface area contributed by atoms with Gasteiger partial charge in [0.05, 0.1) is 4.92 Å². The van der Waals surface area contributed by atoms with Crippen molar-refractivity contribution in [1.29, 1.82) is 0 Å². The molecule has 1 aliphatic heterocycles. The number of halogens is 1. The molecule has 0 amide bonds. The van der Waals surface area contributed by atoms with Crippen LogP contribution >= 0.6 is 11.6 Å². The first-order chi connectivity index (χ1) is 11.2. The van der Waals surface area contributed by atoms with Crippen molar-refractivity contribution in [1.82, 2.24) is 10.2 Å². The molecule has 0 aromatic heterocycles. The second kappa shape index (κ2) is 7.60. The number of rotatable bonds is 4. The van der Waals surface area contributed by atoms with Crippen LogP contribution in [0.3, 0.4) is 0 Å². The second-order valence-electron chi connectivity index (χ2n) is 6.60. The predicted molar refractivity (Wildman–Crippen MR) is 91.9 cm³/mol. The lowest BCUT2D eigenvalue weighted by molar-refractivity contribution is -0.384. The maximum absolute atomic E-state index is 11.2. The van der Waals surface area contributed by atoms with E-state index in [0.29, 0.717) is 5.92 Å². The zero-order valence-corrected chi connectivity index (χ0v) is 14.1. The molecule has 1 aromatic rings. The Balaban J connectivity index is 1.93. The summed E-state index contributed by atoms with van der Waals surface area (Å²) in [6.45, 7) is 3.97. The van der Waals surface area contributed by atoms with Crippen molar-refractivity contribution in [2.75, 3.05) is 26.2 Å². The summed E-state index contributed by atoms with van der Waals surface area (Å²) in [6.07, 6.45) is 6.27. The molecule has 6 heteroatoms. The van der Waals surface area contributed by atoms with Crippen LogP contribution in [0.5, 0.6) is 0 Å². The van der Waals surface area contributed by atoms with Crippen LogP contribution in [0, 0.1) is 16.0 Å². The number of piperazine rings is 1. The Morgan fingerprint density at radius 1 is 1.22 bits per heavy atom. The molecule has 1 saturated carbocycles. The minimum Gasteiger partial charge on any atom is -0.314 e. The molecule has 1 aliphatic carbocycles. The molecule has 2 aliphatic rings. The molecule has 1 heterocycles. The SMILES string of the molecule is O=[N+]([O-])c1cc([C@H](C2CCCCC2)N2CCNCC2)ccc1Cl. The number of nitrogens with one attached hydrogen (secondary N) is 1. The number of nitro benzene ring substituents is 1. The third-order valence-corrected chi connectivity index (χ3v) is 5.47. The summed E-state index contributed by atoms with van der Waals surface area (Å²) < 4.78 is 0. The number of hydrogen-bond acceptors (Lipinski definition) is 4. The third-order valence-electron chi connectivity index (χ3n) is 5.15. The van der Waals surface area contributed by atoms with Gasteiger partial charge in [-0.05, 0) is 30.4 Å². The Kier molecular flexibility index (Phi) is 5.51. The van der Waals surface area contributed by atoms with E-state index in [1.54, 1.807) is 12.1 Å². The van der Waals surface area contributed by atoms with Crippen molar-refractivity contribution < 1.29 is 4.92 Å². The molecule has 0 unspecified atom stereocenters. The molecule has 0 spiro atoms. The van der Waals surface area contributed by atoms with Crippen LogP contribution in [0.1, 0.15) is 43.7 Å². The van der Waals surface area contributed by atoms with Crippen molar-refractivity contribution in [2.45, 2.75) is 38.1 Å². The van der Waals surface area contributed by atoms with Crippen molar-refractivity contribution in [3.63, 3.8) is 0 Å².